The topological polar surface area (TPSA) is 66.5 Å². The van der Waals surface area contributed by atoms with Crippen LogP contribution in [0.15, 0.2) is 89.8 Å². The smallest absolute Gasteiger partial charge is 0.268 e. The summed E-state index contributed by atoms with van der Waals surface area (Å²) in [6.07, 6.45) is 0. The number of hydrogen-bond acceptors (Lipinski definition) is 4. The molecule has 4 rings (SSSR count). The molecule has 1 aliphatic heterocycles. The van der Waals surface area contributed by atoms with Crippen LogP contribution >= 0.6 is 11.8 Å². The first kappa shape index (κ1) is 21.6. The Morgan fingerprint density at radius 3 is 2.00 bits per heavy atom. The fourth-order valence-corrected chi connectivity index (χ4v) is 4.59. The Labute approximate surface area is 191 Å². The van der Waals surface area contributed by atoms with Crippen LogP contribution in [0.25, 0.3) is 5.57 Å². The third kappa shape index (κ3) is 4.81. The lowest BCUT2D eigenvalue weighted by molar-refractivity contribution is -0.137. The number of benzene rings is 3. The first-order chi connectivity index (χ1) is 15.5. The number of nitrogens with one attached hydrogen (secondary N) is 1. The highest BCUT2D eigenvalue weighted by Crippen LogP contribution is 2.38. The predicted octanol–water partition coefficient (Wildman–Crippen LogP) is 4.86. The number of rotatable bonds is 7. The lowest BCUT2D eigenvalue weighted by atomic mass is 10.1. The molecule has 0 fully saturated rings. The van der Waals surface area contributed by atoms with Gasteiger partial charge in [-0.25, -0.2) is 0 Å². The van der Waals surface area contributed by atoms with Gasteiger partial charge in [0.15, 0.2) is 0 Å². The Bertz CT molecular complexity index is 1170. The number of hydrogen-bond donors (Lipinski definition) is 1. The quantitative estimate of drug-likeness (QED) is 0.531. The van der Waals surface area contributed by atoms with E-state index < -0.39 is 0 Å². The van der Waals surface area contributed by atoms with Crippen molar-refractivity contribution in [1.82, 2.24) is 4.90 Å². The Balaban J connectivity index is 1.66. The molecule has 0 radical (unpaired) electrons. The molecule has 3 amide bonds. The number of anilines is 1. The molecule has 32 heavy (non-hydrogen) atoms. The summed E-state index contributed by atoms with van der Waals surface area (Å²) in [6, 6.07) is 26.3. The van der Waals surface area contributed by atoms with Crippen LogP contribution in [0.5, 0.6) is 0 Å². The van der Waals surface area contributed by atoms with Crippen molar-refractivity contribution in [3.63, 3.8) is 0 Å². The van der Waals surface area contributed by atoms with Crippen LogP contribution in [0, 0.1) is 0 Å². The molecule has 1 heterocycles. The van der Waals surface area contributed by atoms with Gasteiger partial charge in [0.25, 0.3) is 11.8 Å². The molecular weight excluding hydrogens is 420 g/mol. The second-order valence-electron chi connectivity index (χ2n) is 7.42. The van der Waals surface area contributed by atoms with Gasteiger partial charge >= 0.3 is 0 Å². The van der Waals surface area contributed by atoms with Crippen molar-refractivity contribution in [3.05, 3.63) is 107 Å². The van der Waals surface area contributed by atoms with E-state index in [1.807, 2.05) is 60.7 Å². The van der Waals surface area contributed by atoms with E-state index in [0.29, 0.717) is 27.5 Å². The van der Waals surface area contributed by atoms with E-state index in [2.05, 4.69) is 5.32 Å². The Kier molecular flexibility index (Phi) is 6.52. The average Bonchev–Trinajstić information content (AvgIpc) is 3.03. The summed E-state index contributed by atoms with van der Waals surface area (Å²) < 4.78 is 0. The second kappa shape index (κ2) is 9.66. The molecule has 0 saturated heterocycles. The Hall–Kier alpha value is -3.64. The lowest BCUT2D eigenvalue weighted by Crippen LogP contribution is -2.30. The fourth-order valence-electron chi connectivity index (χ4n) is 3.51. The molecule has 0 unspecified atom stereocenters. The summed E-state index contributed by atoms with van der Waals surface area (Å²) in [5.74, 6) is -0.165. The van der Waals surface area contributed by atoms with E-state index in [-0.39, 0.29) is 24.3 Å². The van der Waals surface area contributed by atoms with Gasteiger partial charge in [-0.05, 0) is 28.8 Å². The van der Waals surface area contributed by atoms with Gasteiger partial charge in [-0.1, -0.05) is 72.8 Å². The number of thioether (sulfide) groups is 1. The molecule has 0 saturated carbocycles. The van der Waals surface area contributed by atoms with Gasteiger partial charge in [0.05, 0.1) is 17.0 Å². The third-order valence-electron chi connectivity index (χ3n) is 5.03. The SMILES string of the molecule is CC(=O)Nc1ccc(C2=C(SCc3ccccc3)C(=O)N(Cc3ccccc3)C2=O)cc1. The van der Waals surface area contributed by atoms with Crippen LogP contribution in [-0.2, 0) is 26.7 Å². The minimum atomic E-state index is -0.304. The minimum absolute atomic E-state index is 0.169. The molecule has 3 aromatic carbocycles. The standard InChI is InChI=1S/C26H22N2O3S/c1-18(29)27-22-14-12-21(13-15-22)23-24(32-17-20-10-6-3-7-11-20)26(31)28(25(23)30)16-19-8-4-2-5-9-19/h2-15H,16-17H2,1H3,(H,27,29). The summed E-state index contributed by atoms with van der Waals surface area (Å²) in [5, 5.41) is 2.72. The Morgan fingerprint density at radius 2 is 1.41 bits per heavy atom. The minimum Gasteiger partial charge on any atom is -0.326 e. The van der Waals surface area contributed by atoms with Crippen molar-refractivity contribution in [2.24, 2.45) is 0 Å². The zero-order valence-electron chi connectivity index (χ0n) is 17.6. The lowest BCUT2D eigenvalue weighted by Gasteiger charge is -2.15. The largest absolute Gasteiger partial charge is 0.326 e. The van der Waals surface area contributed by atoms with Gasteiger partial charge in [0, 0.05) is 18.4 Å². The summed E-state index contributed by atoms with van der Waals surface area (Å²) in [6.45, 7) is 1.66. The first-order valence-corrected chi connectivity index (χ1v) is 11.2. The highest BCUT2D eigenvalue weighted by Gasteiger charge is 2.39. The summed E-state index contributed by atoms with van der Waals surface area (Å²) >= 11 is 1.38. The van der Waals surface area contributed by atoms with Crippen molar-refractivity contribution in [2.45, 2.75) is 19.2 Å². The normalized spacial score (nSPS) is 13.6. The predicted molar refractivity (Wildman–Crippen MR) is 127 cm³/mol. The molecule has 5 nitrogen and oxygen atoms in total. The van der Waals surface area contributed by atoms with Crippen molar-refractivity contribution in [1.29, 1.82) is 0 Å². The maximum atomic E-state index is 13.4. The maximum absolute atomic E-state index is 13.4. The number of carbonyl (C=O) groups excluding carboxylic acids is 3. The van der Waals surface area contributed by atoms with Gasteiger partial charge in [-0.2, -0.15) is 0 Å². The van der Waals surface area contributed by atoms with Crippen LogP contribution in [0.3, 0.4) is 0 Å². The fraction of sp³-hybridized carbons (Fsp3) is 0.115. The van der Waals surface area contributed by atoms with Crippen molar-refractivity contribution in [3.8, 4) is 0 Å². The number of amides is 3. The van der Waals surface area contributed by atoms with E-state index >= 15 is 0 Å². The van der Waals surface area contributed by atoms with Gasteiger partial charge in [-0.3, -0.25) is 19.3 Å². The molecule has 1 aliphatic rings. The monoisotopic (exact) mass is 442 g/mol. The van der Waals surface area contributed by atoms with E-state index in [1.165, 1.54) is 23.6 Å². The molecule has 1 N–H and O–H groups in total. The molecule has 0 aromatic heterocycles. The molecule has 3 aromatic rings. The van der Waals surface area contributed by atoms with Crippen LogP contribution in [-0.4, -0.2) is 22.6 Å². The Morgan fingerprint density at radius 1 is 0.812 bits per heavy atom. The molecule has 0 aliphatic carbocycles. The molecule has 0 spiro atoms. The van der Waals surface area contributed by atoms with Crippen LogP contribution in [0.2, 0.25) is 0 Å². The van der Waals surface area contributed by atoms with Crippen molar-refractivity contribution >= 4 is 40.7 Å². The van der Waals surface area contributed by atoms with E-state index in [0.717, 1.165) is 11.1 Å². The zero-order valence-corrected chi connectivity index (χ0v) is 18.4. The van der Waals surface area contributed by atoms with Gasteiger partial charge in [0.2, 0.25) is 5.91 Å². The molecule has 160 valence electrons. The van der Waals surface area contributed by atoms with Gasteiger partial charge in [0.1, 0.15) is 0 Å². The average molecular weight is 443 g/mol. The maximum Gasteiger partial charge on any atom is 0.268 e. The summed E-state index contributed by atoms with van der Waals surface area (Å²) in [4.78, 5) is 39.7. The van der Waals surface area contributed by atoms with Gasteiger partial charge < -0.3 is 5.32 Å². The van der Waals surface area contributed by atoms with Crippen LogP contribution in [0.1, 0.15) is 23.6 Å². The van der Waals surface area contributed by atoms with Crippen molar-refractivity contribution in [2.75, 3.05) is 5.32 Å². The second-order valence-corrected chi connectivity index (χ2v) is 8.40. The van der Waals surface area contributed by atoms with Crippen molar-refractivity contribution < 1.29 is 14.4 Å². The van der Waals surface area contributed by atoms with Crippen LogP contribution in [0.4, 0.5) is 5.69 Å². The highest BCUT2D eigenvalue weighted by atomic mass is 32.2. The zero-order chi connectivity index (χ0) is 22.5. The number of nitrogens with zero attached hydrogens (tertiary/aromatic N) is 1. The number of carbonyl (C=O) groups is 3. The van der Waals surface area contributed by atoms with E-state index in [1.54, 1.807) is 24.3 Å². The highest BCUT2D eigenvalue weighted by molar-refractivity contribution is 8.03. The van der Waals surface area contributed by atoms with E-state index in [4.69, 9.17) is 0 Å². The molecule has 0 atom stereocenters. The van der Waals surface area contributed by atoms with Gasteiger partial charge in [-0.15, -0.1) is 11.8 Å². The van der Waals surface area contributed by atoms with E-state index in [9.17, 15) is 14.4 Å². The summed E-state index contributed by atoms with van der Waals surface area (Å²) in [5.41, 5.74) is 3.67. The van der Waals surface area contributed by atoms with Crippen LogP contribution < -0.4 is 5.32 Å². The first-order valence-electron chi connectivity index (χ1n) is 10.2. The third-order valence-corrected chi connectivity index (χ3v) is 6.17. The molecular formula is C26H22N2O3S. The number of imide groups is 1. The molecule has 0 bridgehead atoms. The molecule has 6 heteroatoms. The summed E-state index contributed by atoms with van der Waals surface area (Å²) in [7, 11) is 0.